The molecule has 1 rings (SSSR count). The topological polar surface area (TPSA) is 61.4 Å². The molecule has 0 saturated carbocycles. The first kappa shape index (κ1) is 18.6. The Balaban J connectivity index is 2.83. The fourth-order valence-electron chi connectivity index (χ4n) is 2.22. The SMILES string of the molecule is CNCc1ccc(S(=O)(=O)NC(CC(C)C)CN(C)C)s1. The Morgan fingerprint density at radius 3 is 2.48 bits per heavy atom. The lowest BCUT2D eigenvalue weighted by molar-refractivity contribution is 0.329. The zero-order chi connectivity index (χ0) is 16.0. The van der Waals surface area contributed by atoms with Crippen LogP contribution >= 0.6 is 11.3 Å². The normalized spacial score (nSPS) is 14.0. The molecule has 0 amide bonds. The molecule has 122 valence electrons. The standard InChI is InChI=1S/C14H27N3O2S2/c1-11(2)8-12(10-17(4)5)16-21(18,19)14-7-6-13(20-14)9-15-3/h6-7,11-12,15-16H,8-10H2,1-5H3. The summed E-state index contributed by atoms with van der Waals surface area (Å²) in [6.07, 6.45) is 0.826. The van der Waals surface area contributed by atoms with E-state index < -0.39 is 10.0 Å². The highest BCUT2D eigenvalue weighted by Gasteiger charge is 2.23. The van der Waals surface area contributed by atoms with Crippen molar-refractivity contribution in [1.82, 2.24) is 14.9 Å². The lowest BCUT2D eigenvalue weighted by Gasteiger charge is -2.23. The lowest BCUT2D eigenvalue weighted by atomic mass is 10.0. The average molecular weight is 334 g/mol. The minimum Gasteiger partial charge on any atom is -0.315 e. The van der Waals surface area contributed by atoms with Gasteiger partial charge in [-0.3, -0.25) is 0 Å². The van der Waals surface area contributed by atoms with Gasteiger partial charge in [-0.25, -0.2) is 13.1 Å². The van der Waals surface area contributed by atoms with Crippen LogP contribution in [0.3, 0.4) is 0 Å². The molecule has 0 fully saturated rings. The van der Waals surface area contributed by atoms with Crippen LogP contribution in [-0.2, 0) is 16.6 Å². The minimum atomic E-state index is -3.43. The van der Waals surface area contributed by atoms with E-state index in [9.17, 15) is 8.42 Å². The Bertz CT molecular complexity index is 514. The molecule has 0 saturated heterocycles. The molecule has 0 spiro atoms. The molecule has 1 atom stereocenters. The van der Waals surface area contributed by atoms with E-state index in [1.54, 1.807) is 6.07 Å². The van der Waals surface area contributed by atoms with E-state index >= 15 is 0 Å². The maximum atomic E-state index is 12.5. The first-order valence-electron chi connectivity index (χ1n) is 7.15. The third-order valence-electron chi connectivity index (χ3n) is 2.92. The monoisotopic (exact) mass is 333 g/mol. The molecule has 0 aliphatic rings. The summed E-state index contributed by atoms with van der Waals surface area (Å²) >= 11 is 1.32. The molecule has 0 aliphatic carbocycles. The number of hydrogen-bond donors (Lipinski definition) is 2. The van der Waals surface area contributed by atoms with Gasteiger partial charge in [0.25, 0.3) is 0 Å². The lowest BCUT2D eigenvalue weighted by Crippen LogP contribution is -2.42. The Morgan fingerprint density at radius 1 is 1.29 bits per heavy atom. The number of nitrogens with one attached hydrogen (secondary N) is 2. The predicted octanol–water partition coefficient (Wildman–Crippen LogP) is 1.72. The van der Waals surface area contributed by atoms with Gasteiger partial charge in [0, 0.05) is 24.0 Å². The Kier molecular flexibility index (Phi) is 7.29. The van der Waals surface area contributed by atoms with Gasteiger partial charge in [-0.15, -0.1) is 11.3 Å². The van der Waals surface area contributed by atoms with Gasteiger partial charge in [-0.2, -0.15) is 0 Å². The quantitative estimate of drug-likeness (QED) is 0.722. The Morgan fingerprint density at radius 2 is 1.95 bits per heavy atom. The summed E-state index contributed by atoms with van der Waals surface area (Å²) in [5, 5.41) is 3.03. The van der Waals surface area contributed by atoms with Crippen molar-refractivity contribution < 1.29 is 8.42 Å². The molecule has 21 heavy (non-hydrogen) atoms. The first-order chi connectivity index (χ1) is 9.74. The zero-order valence-electron chi connectivity index (χ0n) is 13.5. The maximum Gasteiger partial charge on any atom is 0.250 e. The van der Waals surface area contributed by atoms with Gasteiger partial charge in [-0.1, -0.05) is 13.8 Å². The van der Waals surface area contributed by atoms with Gasteiger partial charge in [0.1, 0.15) is 4.21 Å². The van der Waals surface area contributed by atoms with Crippen LogP contribution in [-0.4, -0.2) is 47.0 Å². The number of nitrogens with zero attached hydrogens (tertiary/aromatic N) is 1. The maximum absolute atomic E-state index is 12.5. The van der Waals surface area contributed by atoms with E-state index in [0.29, 0.717) is 23.2 Å². The van der Waals surface area contributed by atoms with E-state index in [1.807, 2.05) is 32.1 Å². The number of likely N-dealkylation sites (N-methyl/N-ethyl adjacent to an activating group) is 1. The van der Waals surface area contributed by atoms with Crippen molar-refractivity contribution in [2.75, 3.05) is 27.7 Å². The number of sulfonamides is 1. The van der Waals surface area contributed by atoms with Gasteiger partial charge in [0.05, 0.1) is 0 Å². The molecule has 1 aromatic rings. The second-order valence-electron chi connectivity index (χ2n) is 5.96. The molecule has 1 heterocycles. The smallest absolute Gasteiger partial charge is 0.250 e. The van der Waals surface area contributed by atoms with Gasteiger partial charge >= 0.3 is 0 Å². The molecular weight excluding hydrogens is 306 g/mol. The largest absolute Gasteiger partial charge is 0.315 e. The molecule has 1 unspecified atom stereocenters. The van der Waals surface area contributed by atoms with E-state index in [4.69, 9.17) is 0 Å². The van der Waals surface area contributed by atoms with Crippen molar-refractivity contribution in [2.45, 2.75) is 37.1 Å². The van der Waals surface area contributed by atoms with Crippen LogP contribution in [0.5, 0.6) is 0 Å². The fourth-order valence-corrected chi connectivity index (χ4v) is 4.84. The van der Waals surface area contributed by atoms with E-state index in [0.717, 1.165) is 11.3 Å². The highest BCUT2D eigenvalue weighted by molar-refractivity contribution is 7.91. The van der Waals surface area contributed by atoms with Gasteiger partial charge in [0.15, 0.2) is 0 Å². The Labute approximate surface area is 132 Å². The molecule has 0 bridgehead atoms. The molecule has 1 aromatic heterocycles. The summed E-state index contributed by atoms with van der Waals surface area (Å²) in [5.41, 5.74) is 0. The molecule has 5 nitrogen and oxygen atoms in total. The highest BCUT2D eigenvalue weighted by Crippen LogP contribution is 2.22. The summed E-state index contributed by atoms with van der Waals surface area (Å²) in [7, 11) is 2.33. The summed E-state index contributed by atoms with van der Waals surface area (Å²) in [6, 6.07) is 3.47. The molecule has 0 aromatic carbocycles. The second-order valence-corrected chi connectivity index (χ2v) is 9.07. The predicted molar refractivity (Wildman–Crippen MR) is 89.2 cm³/mol. The molecule has 7 heteroatoms. The first-order valence-corrected chi connectivity index (χ1v) is 9.45. The van der Waals surface area contributed by atoms with Crippen molar-refractivity contribution in [3.63, 3.8) is 0 Å². The molecular formula is C14H27N3O2S2. The van der Waals surface area contributed by atoms with E-state index in [-0.39, 0.29) is 6.04 Å². The molecule has 0 aliphatic heterocycles. The number of thiophene rings is 1. The Hall–Kier alpha value is -0.470. The van der Waals surface area contributed by atoms with E-state index in [2.05, 4.69) is 23.9 Å². The third-order valence-corrected chi connectivity index (χ3v) is 6.01. The van der Waals surface area contributed by atoms with Crippen LogP contribution in [0.15, 0.2) is 16.3 Å². The van der Waals surface area contributed by atoms with E-state index in [1.165, 1.54) is 11.3 Å². The van der Waals surface area contributed by atoms with Crippen LogP contribution in [0.2, 0.25) is 0 Å². The number of hydrogen-bond acceptors (Lipinski definition) is 5. The zero-order valence-corrected chi connectivity index (χ0v) is 15.1. The summed E-state index contributed by atoms with van der Waals surface area (Å²) < 4.78 is 28.2. The van der Waals surface area contributed by atoms with Crippen LogP contribution in [0.1, 0.15) is 25.1 Å². The summed E-state index contributed by atoms with van der Waals surface area (Å²) in [6.45, 7) is 5.60. The van der Waals surface area contributed by atoms with Crippen molar-refractivity contribution in [3.8, 4) is 0 Å². The molecule has 2 N–H and O–H groups in total. The van der Waals surface area contributed by atoms with Crippen LogP contribution in [0, 0.1) is 5.92 Å². The van der Waals surface area contributed by atoms with Gasteiger partial charge < -0.3 is 10.2 Å². The van der Waals surface area contributed by atoms with Crippen molar-refractivity contribution in [2.24, 2.45) is 5.92 Å². The van der Waals surface area contributed by atoms with Crippen molar-refractivity contribution in [3.05, 3.63) is 17.0 Å². The fraction of sp³-hybridized carbons (Fsp3) is 0.714. The van der Waals surface area contributed by atoms with Crippen molar-refractivity contribution in [1.29, 1.82) is 0 Å². The summed E-state index contributed by atoms with van der Waals surface area (Å²) in [4.78, 5) is 3.03. The third kappa shape index (κ3) is 6.44. The van der Waals surface area contributed by atoms with Crippen LogP contribution in [0.25, 0.3) is 0 Å². The van der Waals surface area contributed by atoms with Crippen molar-refractivity contribution >= 4 is 21.4 Å². The van der Waals surface area contributed by atoms with Crippen LogP contribution < -0.4 is 10.0 Å². The number of rotatable bonds is 9. The van der Waals surface area contributed by atoms with Gasteiger partial charge in [-0.05, 0) is 45.6 Å². The van der Waals surface area contributed by atoms with Gasteiger partial charge in [0.2, 0.25) is 10.0 Å². The highest BCUT2D eigenvalue weighted by atomic mass is 32.2. The second kappa shape index (κ2) is 8.24. The summed E-state index contributed by atoms with van der Waals surface area (Å²) in [5.74, 6) is 0.445. The van der Waals surface area contributed by atoms with Crippen LogP contribution in [0.4, 0.5) is 0 Å². The minimum absolute atomic E-state index is 0.0696. The average Bonchev–Trinajstić information content (AvgIpc) is 2.76. The molecule has 0 radical (unpaired) electrons.